The summed E-state index contributed by atoms with van der Waals surface area (Å²) in [6.45, 7) is 3.98. The Morgan fingerprint density at radius 1 is 1.14 bits per heavy atom. The first kappa shape index (κ1) is 16.7. The maximum absolute atomic E-state index is 5.99. The Bertz CT molecular complexity index is 450. The van der Waals surface area contributed by atoms with Crippen LogP contribution in [0.15, 0.2) is 29.3 Å². The molecule has 0 radical (unpaired) electrons. The summed E-state index contributed by atoms with van der Waals surface area (Å²) in [7, 11) is 1.81. The van der Waals surface area contributed by atoms with Gasteiger partial charge in [0.25, 0.3) is 0 Å². The third-order valence-electron chi connectivity index (χ3n) is 4.00. The number of hydrogen-bond donors (Lipinski definition) is 2. The number of rotatable bonds is 7. The number of guanidine groups is 1. The molecule has 0 aromatic heterocycles. The van der Waals surface area contributed by atoms with Gasteiger partial charge in [-0.25, -0.2) is 0 Å². The van der Waals surface area contributed by atoms with E-state index in [0.29, 0.717) is 6.10 Å². The molecule has 1 aromatic rings. The lowest BCUT2D eigenvalue weighted by Gasteiger charge is -2.14. The minimum Gasteiger partial charge on any atom is -0.490 e. The number of benzene rings is 1. The molecule has 0 saturated heterocycles. The zero-order chi connectivity index (χ0) is 15.6. The van der Waals surface area contributed by atoms with Crippen LogP contribution in [-0.2, 0) is 6.42 Å². The van der Waals surface area contributed by atoms with Crippen molar-refractivity contribution in [2.45, 2.75) is 51.6 Å². The molecule has 1 saturated carbocycles. The molecular formula is C18H29N3O. The van der Waals surface area contributed by atoms with Gasteiger partial charge in [0.15, 0.2) is 5.96 Å². The molecule has 0 spiro atoms. The molecule has 122 valence electrons. The normalized spacial score (nSPS) is 15.8. The molecule has 0 aliphatic heterocycles. The molecule has 0 amide bonds. The summed E-state index contributed by atoms with van der Waals surface area (Å²) >= 11 is 0. The molecule has 4 heteroatoms. The first-order chi connectivity index (χ1) is 10.8. The van der Waals surface area contributed by atoms with Crippen molar-refractivity contribution >= 4 is 5.96 Å². The Morgan fingerprint density at radius 3 is 2.45 bits per heavy atom. The van der Waals surface area contributed by atoms with Crippen LogP contribution in [0, 0.1) is 0 Å². The van der Waals surface area contributed by atoms with E-state index >= 15 is 0 Å². The SMILES string of the molecule is CCCNC(=NC)NCCc1ccc(OC2CCCC2)cc1. The van der Waals surface area contributed by atoms with Gasteiger partial charge < -0.3 is 15.4 Å². The van der Waals surface area contributed by atoms with Crippen LogP contribution in [0.4, 0.5) is 0 Å². The van der Waals surface area contributed by atoms with Crippen LogP contribution in [0.5, 0.6) is 5.75 Å². The number of hydrogen-bond acceptors (Lipinski definition) is 2. The standard InChI is InChI=1S/C18H29N3O/c1-3-13-20-18(19-2)21-14-12-15-8-10-17(11-9-15)22-16-6-4-5-7-16/h8-11,16H,3-7,12-14H2,1-2H3,(H2,19,20,21). The predicted octanol–water partition coefficient (Wildman–Crippen LogP) is 3.13. The van der Waals surface area contributed by atoms with E-state index in [1.54, 1.807) is 7.05 Å². The monoisotopic (exact) mass is 303 g/mol. The summed E-state index contributed by atoms with van der Waals surface area (Å²) in [6, 6.07) is 8.51. The van der Waals surface area contributed by atoms with Crippen LogP contribution < -0.4 is 15.4 Å². The third kappa shape index (κ3) is 5.58. The first-order valence-corrected chi connectivity index (χ1v) is 8.52. The Hall–Kier alpha value is -1.71. The molecule has 0 heterocycles. The molecule has 1 aliphatic rings. The molecule has 22 heavy (non-hydrogen) atoms. The van der Waals surface area contributed by atoms with Gasteiger partial charge >= 0.3 is 0 Å². The second-order valence-corrected chi connectivity index (χ2v) is 5.84. The van der Waals surface area contributed by atoms with E-state index in [9.17, 15) is 0 Å². The van der Waals surface area contributed by atoms with E-state index < -0.39 is 0 Å². The van der Waals surface area contributed by atoms with Gasteiger partial charge in [-0.05, 0) is 56.2 Å². The van der Waals surface area contributed by atoms with Crippen molar-refractivity contribution in [2.75, 3.05) is 20.1 Å². The van der Waals surface area contributed by atoms with Gasteiger partial charge in [-0.3, -0.25) is 4.99 Å². The summed E-state index contributed by atoms with van der Waals surface area (Å²) < 4.78 is 5.99. The molecule has 0 atom stereocenters. The van der Waals surface area contributed by atoms with Crippen LogP contribution >= 0.6 is 0 Å². The van der Waals surface area contributed by atoms with Crippen molar-refractivity contribution in [3.05, 3.63) is 29.8 Å². The number of nitrogens with zero attached hydrogens (tertiary/aromatic N) is 1. The highest BCUT2D eigenvalue weighted by Gasteiger charge is 2.16. The molecule has 4 nitrogen and oxygen atoms in total. The summed E-state index contributed by atoms with van der Waals surface area (Å²) in [6.07, 6.45) is 7.54. The lowest BCUT2D eigenvalue weighted by molar-refractivity contribution is 0.210. The lowest BCUT2D eigenvalue weighted by atomic mass is 10.1. The average Bonchev–Trinajstić information content (AvgIpc) is 3.05. The van der Waals surface area contributed by atoms with E-state index in [2.05, 4.69) is 46.8 Å². The minimum atomic E-state index is 0.431. The fourth-order valence-electron chi connectivity index (χ4n) is 2.72. The summed E-state index contributed by atoms with van der Waals surface area (Å²) in [4.78, 5) is 4.20. The van der Waals surface area contributed by atoms with Crippen LogP contribution in [0.3, 0.4) is 0 Å². The zero-order valence-corrected chi connectivity index (χ0v) is 13.9. The van der Waals surface area contributed by atoms with E-state index in [0.717, 1.165) is 37.6 Å². The van der Waals surface area contributed by atoms with Crippen LogP contribution in [-0.4, -0.2) is 32.2 Å². The summed E-state index contributed by atoms with van der Waals surface area (Å²) in [5.41, 5.74) is 1.32. The Balaban J connectivity index is 1.71. The van der Waals surface area contributed by atoms with Gasteiger partial charge in [0.1, 0.15) is 5.75 Å². The van der Waals surface area contributed by atoms with E-state index in [1.807, 2.05) is 0 Å². The van der Waals surface area contributed by atoms with E-state index in [1.165, 1.54) is 31.2 Å². The lowest BCUT2D eigenvalue weighted by Crippen LogP contribution is -2.38. The molecule has 1 fully saturated rings. The minimum absolute atomic E-state index is 0.431. The number of nitrogens with one attached hydrogen (secondary N) is 2. The van der Waals surface area contributed by atoms with Crippen LogP contribution in [0.2, 0.25) is 0 Å². The Kier molecular flexibility index (Phi) is 7.07. The summed E-state index contributed by atoms with van der Waals surface area (Å²) in [5, 5.41) is 6.61. The van der Waals surface area contributed by atoms with Crippen molar-refractivity contribution < 1.29 is 4.74 Å². The fraction of sp³-hybridized carbons (Fsp3) is 0.611. The van der Waals surface area contributed by atoms with Crippen molar-refractivity contribution in [1.29, 1.82) is 0 Å². The van der Waals surface area contributed by atoms with Gasteiger partial charge in [-0.2, -0.15) is 0 Å². The van der Waals surface area contributed by atoms with Crippen molar-refractivity contribution in [3.63, 3.8) is 0 Å². The fourth-order valence-corrected chi connectivity index (χ4v) is 2.72. The molecule has 0 bridgehead atoms. The molecule has 2 N–H and O–H groups in total. The van der Waals surface area contributed by atoms with Crippen LogP contribution in [0.1, 0.15) is 44.6 Å². The smallest absolute Gasteiger partial charge is 0.190 e. The maximum Gasteiger partial charge on any atom is 0.190 e. The molecule has 1 aromatic carbocycles. The maximum atomic E-state index is 5.99. The van der Waals surface area contributed by atoms with Gasteiger partial charge in [0.2, 0.25) is 0 Å². The highest BCUT2D eigenvalue weighted by atomic mass is 16.5. The van der Waals surface area contributed by atoms with Crippen LogP contribution in [0.25, 0.3) is 0 Å². The van der Waals surface area contributed by atoms with E-state index in [-0.39, 0.29) is 0 Å². The van der Waals surface area contributed by atoms with Crippen molar-refractivity contribution in [3.8, 4) is 5.75 Å². The molecule has 2 rings (SSSR count). The largest absolute Gasteiger partial charge is 0.490 e. The molecule has 1 aliphatic carbocycles. The Labute approximate surface area is 134 Å². The van der Waals surface area contributed by atoms with Gasteiger partial charge in [-0.1, -0.05) is 19.1 Å². The number of aliphatic imine (C=N–C) groups is 1. The topological polar surface area (TPSA) is 45.7 Å². The molecule has 0 unspecified atom stereocenters. The van der Waals surface area contributed by atoms with Crippen molar-refractivity contribution in [2.24, 2.45) is 4.99 Å². The molecular weight excluding hydrogens is 274 g/mol. The highest BCUT2D eigenvalue weighted by Crippen LogP contribution is 2.24. The Morgan fingerprint density at radius 2 is 1.82 bits per heavy atom. The quantitative estimate of drug-likeness (QED) is 0.601. The first-order valence-electron chi connectivity index (χ1n) is 8.52. The zero-order valence-electron chi connectivity index (χ0n) is 13.9. The van der Waals surface area contributed by atoms with Gasteiger partial charge in [-0.15, -0.1) is 0 Å². The highest BCUT2D eigenvalue weighted by molar-refractivity contribution is 5.79. The van der Waals surface area contributed by atoms with E-state index in [4.69, 9.17) is 4.74 Å². The van der Waals surface area contributed by atoms with Crippen molar-refractivity contribution in [1.82, 2.24) is 10.6 Å². The summed E-state index contributed by atoms with van der Waals surface area (Å²) in [5.74, 6) is 1.88. The van der Waals surface area contributed by atoms with Gasteiger partial charge in [0.05, 0.1) is 6.10 Å². The van der Waals surface area contributed by atoms with Gasteiger partial charge in [0, 0.05) is 20.1 Å². The average molecular weight is 303 g/mol. The second kappa shape index (κ2) is 9.34. The number of ether oxygens (including phenoxy) is 1. The predicted molar refractivity (Wildman–Crippen MR) is 92.7 cm³/mol. The second-order valence-electron chi connectivity index (χ2n) is 5.84. The third-order valence-corrected chi connectivity index (χ3v) is 4.00.